The van der Waals surface area contributed by atoms with E-state index in [9.17, 15) is 14.7 Å². The Balaban J connectivity index is 2.53. The fourth-order valence-corrected chi connectivity index (χ4v) is 4.26. The Morgan fingerprint density at radius 2 is 1.71 bits per heavy atom. The van der Waals surface area contributed by atoms with Crippen LogP contribution in [-0.4, -0.2) is 47.6 Å². The third-order valence-electron chi connectivity index (χ3n) is 3.79. The second kappa shape index (κ2) is 7.72. The zero-order valence-electron chi connectivity index (χ0n) is 13.6. The third-order valence-corrected chi connectivity index (χ3v) is 6.34. The minimum absolute atomic E-state index is 0.0174. The van der Waals surface area contributed by atoms with E-state index >= 15 is 0 Å². The number of hydrogen-bond acceptors (Lipinski definition) is 4. The van der Waals surface area contributed by atoms with Crippen LogP contribution in [-0.2, 0) is 6.42 Å². The molecule has 24 heavy (non-hydrogen) atoms. The molecular weight excluding hydrogens is 392 g/mol. The summed E-state index contributed by atoms with van der Waals surface area (Å²) in [5.74, 6) is -0.573. The summed E-state index contributed by atoms with van der Waals surface area (Å²) in [5, 5.41) is 10.1. The van der Waals surface area contributed by atoms with Gasteiger partial charge in [-0.2, -0.15) is 0 Å². The van der Waals surface area contributed by atoms with E-state index in [1.165, 1.54) is 14.2 Å². The summed E-state index contributed by atoms with van der Waals surface area (Å²) in [7, 11) is 2.90. The van der Waals surface area contributed by atoms with Gasteiger partial charge in [0.25, 0.3) is 0 Å². The van der Waals surface area contributed by atoms with Crippen molar-refractivity contribution in [3.63, 3.8) is 0 Å². The van der Waals surface area contributed by atoms with E-state index in [-0.39, 0.29) is 40.0 Å². The van der Waals surface area contributed by atoms with E-state index in [0.29, 0.717) is 21.9 Å². The van der Waals surface area contributed by atoms with Gasteiger partial charge in [0, 0.05) is 0 Å². The van der Waals surface area contributed by atoms with E-state index in [0.717, 1.165) is 4.40 Å². The number of carbonyl (C=O) groups is 2. The fraction of sp³-hybridized carbons (Fsp3) is 0.176. The molecule has 0 saturated carbocycles. The summed E-state index contributed by atoms with van der Waals surface area (Å²) in [5.41, 5.74) is 0.951. The Kier molecular flexibility index (Phi) is 5.91. The molecule has 0 heterocycles. The molecule has 1 N–H and O–H groups in total. The van der Waals surface area contributed by atoms with Crippen LogP contribution in [0.4, 0.5) is 0 Å². The number of aromatic carboxylic acids is 1. The number of carbonyl (C=O) groups excluding carboxylic acids is 1. The Labute approximate surface area is 152 Å². The van der Waals surface area contributed by atoms with E-state index < -0.39 is 5.97 Å². The average Bonchev–Trinajstić information content (AvgIpc) is 2.56. The van der Waals surface area contributed by atoms with Gasteiger partial charge in [-0.25, -0.2) is 0 Å². The van der Waals surface area contributed by atoms with E-state index in [1.807, 2.05) is 0 Å². The Morgan fingerprint density at radius 3 is 2.21 bits per heavy atom. The van der Waals surface area contributed by atoms with E-state index in [4.69, 9.17) is 21.1 Å². The molecule has 2 rings (SSSR count). The SMILES string of the molecule is COc1cc(OC)c(C(=O)O)c(CC(=O)c2ccc(Cl)cc2)[c]1[GeH3]. The van der Waals surface area contributed by atoms with Crippen LogP contribution in [0.3, 0.4) is 0 Å². The van der Waals surface area contributed by atoms with Crippen molar-refractivity contribution >= 4 is 44.3 Å². The van der Waals surface area contributed by atoms with Crippen molar-refractivity contribution in [2.24, 2.45) is 0 Å². The van der Waals surface area contributed by atoms with Crippen LogP contribution < -0.4 is 13.9 Å². The second-order valence-corrected chi connectivity index (χ2v) is 7.71. The maximum absolute atomic E-state index is 12.6. The summed E-state index contributed by atoms with van der Waals surface area (Å²) in [6.07, 6.45) is -0.0338. The van der Waals surface area contributed by atoms with Gasteiger partial charge in [0.1, 0.15) is 0 Å². The summed E-state index contributed by atoms with van der Waals surface area (Å²) < 4.78 is 11.3. The van der Waals surface area contributed by atoms with Gasteiger partial charge in [-0.15, -0.1) is 0 Å². The first-order valence-corrected chi connectivity index (χ1v) is 9.63. The molecule has 0 aliphatic carbocycles. The quantitative estimate of drug-likeness (QED) is 0.578. The van der Waals surface area contributed by atoms with Gasteiger partial charge in [-0.1, -0.05) is 0 Å². The van der Waals surface area contributed by atoms with Gasteiger partial charge in [-0.3, -0.25) is 0 Å². The van der Waals surface area contributed by atoms with Gasteiger partial charge in [-0.05, 0) is 0 Å². The summed E-state index contributed by atoms with van der Waals surface area (Å²) in [6.45, 7) is 0. The molecule has 0 saturated heterocycles. The number of halogens is 1. The van der Waals surface area contributed by atoms with Gasteiger partial charge >= 0.3 is 153 Å². The zero-order chi connectivity index (χ0) is 17.9. The molecule has 0 aromatic heterocycles. The first-order chi connectivity index (χ1) is 11.4. The molecular formula is C17H17ClGeO5. The second-order valence-electron chi connectivity index (χ2n) is 5.17. The number of rotatable bonds is 6. The van der Waals surface area contributed by atoms with Crippen LogP contribution >= 0.6 is 11.6 Å². The zero-order valence-corrected chi connectivity index (χ0v) is 18.5. The molecule has 0 atom stereocenters. The van der Waals surface area contributed by atoms with Crippen molar-refractivity contribution in [2.45, 2.75) is 6.42 Å². The summed E-state index contributed by atoms with van der Waals surface area (Å²) in [4.78, 5) is 24.2. The van der Waals surface area contributed by atoms with E-state index in [2.05, 4.69) is 0 Å². The van der Waals surface area contributed by atoms with Crippen molar-refractivity contribution in [3.05, 3.63) is 52.0 Å². The Bertz CT molecular complexity index is 787. The van der Waals surface area contributed by atoms with Crippen LogP contribution in [0.5, 0.6) is 11.5 Å². The van der Waals surface area contributed by atoms with Crippen LogP contribution in [0.1, 0.15) is 26.3 Å². The normalized spacial score (nSPS) is 10.5. The Morgan fingerprint density at radius 1 is 1.12 bits per heavy atom. The molecule has 0 amide bonds. The number of ether oxygens (including phenoxy) is 2. The van der Waals surface area contributed by atoms with Crippen molar-refractivity contribution in [3.8, 4) is 11.5 Å². The van der Waals surface area contributed by atoms with E-state index in [1.54, 1.807) is 30.3 Å². The number of carboxylic acid groups (broad SMARTS) is 1. The molecule has 0 radical (unpaired) electrons. The third kappa shape index (κ3) is 3.73. The molecule has 126 valence electrons. The molecule has 0 bridgehead atoms. The predicted molar refractivity (Wildman–Crippen MR) is 95.6 cm³/mol. The van der Waals surface area contributed by atoms with Crippen LogP contribution in [0.15, 0.2) is 30.3 Å². The van der Waals surface area contributed by atoms with Crippen molar-refractivity contribution in [2.75, 3.05) is 14.2 Å². The summed E-state index contributed by atoms with van der Waals surface area (Å²) in [6, 6.07) is 8.06. The molecule has 5 nitrogen and oxygen atoms in total. The predicted octanol–water partition coefficient (Wildman–Crippen LogP) is 1.47. The number of methoxy groups -OCH3 is 2. The molecule has 0 spiro atoms. The number of ketones is 1. The van der Waals surface area contributed by atoms with Gasteiger partial charge < -0.3 is 0 Å². The van der Waals surface area contributed by atoms with Gasteiger partial charge in [0.05, 0.1) is 0 Å². The monoisotopic (exact) mass is 410 g/mol. The van der Waals surface area contributed by atoms with Crippen molar-refractivity contribution < 1.29 is 24.2 Å². The molecule has 0 aliphatic rings. The number of Topliss-reactive ketones (excluding diaryl/α,β-unsaturated/α-hetero) is 1. The molecule has 0 fully saturated rings. The first kappa shape index (κ1) is 18.4. The number of benzene rings is 2. The number of carboxylic acids is 1. The Hall–Kier alpha value is -1.99. The number of hydrogen-bond donors (Lipinski definition) is 1. The van der Waals surface area contributed by atoms with Crippen molar-refractivity contribution in [1.29, 1.82) is 0 Å². The molecule has 2 aromatic carbocycles. The summed E-state index contributed by atoms with van der Waals surface area (Å²) >= 11 is 5.95. The van der Waals surface area contributed by atoms with Gasteiger partial charge in [0.15, 0.2) is 0 Å². The minimum atomic E-state index is -1.13. The molecule has 0 unspecified atom stereocenters. The first-order valence-electron chi connectivity index (χ1n) is 7.15. The molecule has 2 aromatic rings. The molecule has 7 heteroatoms. The standard InChI is InChI=1S/C17H17ClGeO5/c1-23-13-8-14(24-2)16(19)11(15(13)17(21)22)7-12(20)9-3-5-10(18)6-4-9/h3-6,8H,7H2,1-2,19H3,(H,21,22). The molecule has 0 aliphatic heterocycles. The van der Waals surface area contributed by atoms with Crippen LogP contribution in [0.25, 0.3) is 0 Å². The van der Waals surface area contributed by atoms with Crippen LogP contribution in [0.2, 0.25) is 5.02 Å². The fourth-order valence-electron chi connectivity index (χ4n) is 2.51. The van der Waals surface area contributed by atoms with Crippen molar-refractivity contribution in [1.82, 2.24) is 0 Å². The topological polar surface area (TPSA) is 72.8 Å². The van der Waals surface area contributed by atoms with Crippen LogP contribution in [0, 0.1) is 0 Å². The average molecular weight is 409 g/mol. The maximum atomic E-state index is 12.6. The van der Waals surface area contributed by atoms with Gasteiger partial charge in [0.2, 0.25) is 0 Å².